The lowest BCUT2D eigenvalue weighted by Crippen LogP contribution is -2.32. The number of fused-ring (bicyclic) bond motifs is 1. The third-order valence-electron chi connectivity index (χ3n) is 4.62. The number of carbonyl (C=O) groups excluding carboxylic acids is 1. The zero-order valence-corrected chi connectivity index (χ0v) is 14.0. The maximum atomic E-state index is 12.8. The SMILES string of the molecule is O=C(C[C@H]1OCCc2ccsc21)N1CCC[C@H]1c1ccsc1. The number of rotatable bonds is 3. The Hall–Kier alpha value is -1.17. The van der Waals surface area contributed by atoms with Gasteiger partial charge in [0.05, 0.1) is 19.1 Å². The first kappa shape index (κ1) is 14.4. The largest absolute Gasteiger partial charge is 0.372 e. The van der Waals surface area contributed by atoms with Crippen LogP contribution in [0.4, 0.5) is 0 Å². The van der Waals surface area contributed by atoms with Crippen molar-refractivity contribution in [3.05, 3.63) is 44.3 Å². The van der Waals surface area contributed by atoms with Gasteiger partial charge in [0, 0.05) is 11.4 Å². The summed E-state index contributed by atoms with van der Waals surface area (Å²) in [5, 5.41) is 6.38. The average Bonchev–Trinajstić information content (AvgIpc) is 3.27. The topological polar surface area (TPSA) is 29.5 Å². The van der Waals surface area contributed by atoms with Crippen LogP contribution in [0.2, 0.25) is 0 Å². The smallest absolute Gasteiger partial charge is 0.226 e. The van der Waals surface area contributed by atoms with Crippen molar-refractivity contribution < 1.29 is 9.53 Å². The highest BCUT2D eigenvalue weighted by Crippen LogP contribution is 2.37. The lowest BCUT2D eigenvalue weighted by atomic mass is 10.0. The van der Waals surface area contributed by atoms with Crippen molar-refractivity contribution >= 4 is 28.6 Å². The van der Waals surface area contributed by atoms with Crippen LogP contribution >= 0.6 is 22.7 Å². The van der Waals surface area contributed by atoms with Crippen LogP contribution in [-0.2, 0) is 16.0 Å². The first-order chi connectivity index (χ1) is 10.8. The molecule has 4 rings (SSSR count). The van der Waals surface area contributed by atoms with Crippen molar-refractivity contribution in [1.82, 2.24) is 4.90 Å². The molecule has 1 fully saturated rings. The summed E-state index contributed by atoms with van der Waals surface area (Å²) in [5.41, 5.74) is 2.65. The van der Waals surface area contributed by atoms with Crippen LogP contribution in [0.15, 0.2) is 28.3 Å². The zero-order chi connectivity index (χ0) is 14.9. The molecule has 22 heavy (non-hydrogen) atoms. The number of hydrogen-bond donors (Lipinski definition) is 0. The van der Waals surface area contributed by atoms with Crippen molar-refractivity contribution in [3.63, 3.8) is 0 Å². The monoisotopic (exact) mass is 333 g/mol. The molecule has 2 aliphatic heterocycles. The molecule has 5 heteroatoms. The van der Waals surface area contributed by atoms with E-state index < -0.39 is 0 Å². The summed E-state index contributed by atoms with van der Waals surface area (Å²) in [6.07, 6.45) is 3.60. The fourth-order valence-corrected chi connectivity index (χ4v) is 5.24. The minimum Gasteiger partial charge on any atom is -0.372 e. The molecule has 0 aliphatic carbocycles. The van der Waals surface area contributed by atoms with Crippen molar-refractivity contribution in [2.24, 2.45) is 0 Å². The van der Waals surface area contributed by atoms with Crippen molar-refractivity contribution in [3.8, 4) is 0 Å². The highest BCUT2D eigenvalue weighted by Gasteiger charge is 2.33. The lowest BCUT2D eigenvalue weighted by molar-refractivity contribution is -0.135. The predicted octanol–water partition coefficient (Wildman–Crippen LogP) is 4.18. The van der Waals surface area contributed by atoms with Gasteiger partial charge in [0.15, 0.2) is 0 Å². The van der Waals surface area contributed by atoms with Crippen LogP contribution in [-0.4, -0.2) is 24.0 Å². The average molecular weight is 333 g/mol. The van der Waals surface area contributed by atoms with Gasteiger partial charge in [-0.25, -0.2) is 0 Å². The lowest BCUT2D eigenvalue weighted by Gasteiger charge is -2.28. The summed E-state index contributed by atoms with van der Waals surface area (Å²) in [6.45, 7) is 1.61. The molecule has 1 saturated heterocycles. The van der Waals surface area contributed by atoms with Crippen LogP contribution < -0.4 is 0 Å². The molecule has 0 unspecified atom stereocenters. The van der Waals surface area contributed by atoms with Crippen LogP contribution in [0.5, 0.6) is 0 Å². The van der Waals surface area contributed by atoms with E-state index in [9.17, 15) is 4.79 Å². The molecule has 0 aromatic carbocycles. The number of nitrogens with zero attached hydrogens (tertiary/aromatic N) is 1. The second-order valence-corrected chi connectivity index (χ2v) is 7.65. The number of thiophene rings is 2. The maximum absolute atomic E-state index is 12.8. The summed E-state index contributed by atoms with van der Waals surface area (Å²) < 4.78 is 5.88. The van der Waals surface area contributed by atoms with Crippen LogP contribution in [0, 0.1) is 0 Å². The molecule has 116 valence electrons. The normalized spacial score (nSPS) is 24.5. The molecule has 2 aromatic rings. The molecule has 0 N–H and O–H groups in total. The van der Waals surface area contributed by atoms with E-state index in [0.29, 0.717) is 6.42 Å². The van der Waals surface area contributed by atoms with Gasteiger partial charge in [-0.3, -0.25) is 4.79 Å². The number of carbonyl (C=O) groups is 1. The molecule has 4 heterocycles. The van der Waals surface area contributed by atoms with E-state index in [1.807, 2.05) is 0 Å². The highest BCUT2D eigenvalue weighted by molar-refractivity contribution is 7.10. The molecule has 0 spiro atoms. The Morgan fingerprint density at radius 1 is 1.36 bits per heavy atom. The molecule has 0 saturated carbocycles. The molecule has 0 bridgehead atoms. The Balaban J connectivity index is 1.49. The van der Waals surface area contributed by atoms with E-state index in [0.717, 1.165) is 32.4 Å². The Bertz CT molecular complexity index is 649. The maximum Gasteiger partial charge on any atom is 0.226 e. The van der Waals surface area contributed by atoms with E-state index in [1.54, 1.807) is 22.7 Å². The third kappa shape index (κ3) is 2.62. The quantitative estimate of drug-likeness (QED) is 0.843. The van der Waals surface area contributed by atoms with Gasteiger partial charge in [-0.2, -0.15) is 11.3 Å². The standard InChI is InChI=1S/C17H19NO2S2/c19-16(10-15-17-12(3-7-20-15)5-9-22-17)18-6-1-2-14(18)13-4-8-21-11-13/h4-5,8-9,11,14-15H,1-3,6-7,10H2/t14-,15+/m0/s1. The Labute approximate surface area is 138 Å². The van der Waals surface area contributed by atoms with Gasteiger partial charge in [-0.1, -0.05) is 0 Å². The second kappa shape index (κ2) is 6.14. The third-order valence-corrected chi connectivity index (χ3v) is 6.38. The summed E-state index contributed by atoms with van der Waals surface area (Å²) in [4.78, 5) is 16.1. The van der Waals surface area contributed by atoms with Crippen LogP contribution in [0.3, 0.4) is 0 Å². The van der Waals surface area contributed by atoms with E-state index in [1.165, 1.54) is 16.0 Å². The van der Waals surface area contributed by atoms with Gasteiger partial charge in [0.2, 0.25) is 5.91 Å². The van der Waals surface area contributed by atoms with E-state index >= 15 is 0 Å². The van der Waals surface area contributed by atoms with Crippen LogP contribution in [0.1, 0.15) is 47.4 Å². The number of hydrogen-bond acceptors (Lipinski definition) is 4. The number of amides is 1. The second-order valence-electron chi connectivity index (χ2n) is 5.93. The molecular formula is C17H19NO2S2. The van der Waals surface area contributed by atoms with Gasteiger partial charge in [-0.05, 0) is 58.7 Å². The molecule has 2 aromatic heterocycles. The zero-order valence-electron chi connectivity index (χ0n) is 12.4. The van der Waals surface area contributed by atoms with Gasteiger partial charge >= 0.3 is 0 Å². The first-order valence-corrected chi connectivity index (χ1v) is 9.64. The summed E-state index contributed by atoms with van der Waals surface area (Å²) in [7, 11) is 0. The minimum absolute atomic E-state index is 0.0417. The summed E-state index contributed by atoms with van der Waals surface area (Å²) in [6, 6.07) is 4.59. The van der Waals surface area contributed by atoms with Crippen molar-refractivity contribution in [2.45, 2.75) is 37.8 Å². The Kier molecular flexibility index (Phi) is 4.03. The van der Waals surface area contributed by atoms with Crippen molar-refractivity contribution in [2.75, 3.05) is 13.2 Å². The Morgan fingerprint density at radius 3 is 3.18 bits per heavy atom. The van der Waals surface area contributed by atoms with Gasteiger partial charge in [0.1, 0.15) is 6.10 Å². The predicted molar refractivity (Wildman–Crippen MR) is 89.3 cm³/mol. The summed E-state index contributed by atoms with van der Waals surface area (Å²) >= 11 is 3.43. The van der Waals surface area contributed by atoms with Gasteiger partial charge < -0.3 is 9.64 Å². The summed E-state index contributed by atoms with van der Waals surface area (Å²) in [5.74, 6) is 0.236. The highest BCUT2D eigenvalue weighted by atomic mass is 32.1. The molecule has 1 amide bonds. The molecule has 3 nitrogen and oxygen atoms in total. The van der Waals surface area contributed by atoms with Gasteiger partial charge in [0.25, 0.3) is 0 Å². The molecule has 2 aliphatic rings. The fourth-order valence-electron chi connectivity index (χ4n) is 3.53. The molecule has 2 atom stereocenters. The minimum atomic E-state index is -0.0417. The number of ether oxygens (including phenoxy) is 1. The van der Waals surface area contributed by atoms with E-state index in [2.05, 4.69) is 33.2 Å². The van der Waals surface area contributed by atoms with E-state index in [4.69, 9.17) is 4.74 Å². The Morgan fingerprint density at radius 2 is 2.32 bits per heavy atom. The molecular weight excluding hydrogens is 314 g/mol. The number of likely N-dealkylation sites (tertiary alicyclic amines) is 1. The van der Waals surface area contributed by atoms with Crippen LogP contribution in [0.25, 0.3) is 0 Å². The first-order valence-electron chi connectivity index (χ1n) is 7.82. The van der Waals surface area contributed by atoms with Crippen molar-refractivity contribution in [1.29, 1.82) is 0 Å². The fraction of sp³-hybridized carbons (Fsp3) is 0.471. The van der Waals surface area contributed by atoms with Gasteiger partial charge in [-0.15, -0.1) is 11.3 Å². The molecule has 0 radical (unpaired) electrons. The van der Waals surface area contributed by atoms with E-state index in [-0.39, 0.29) is 18.1 Å².